The lowest BCUT2D eigenvalue weighted by atomic mass is 10.1. The number of anilines is 1. The van der Waals surface area contributed by atoms with Crippen molar-refractivity contribution in [3.8, 4) is 0 Å². The average Bonchev–Trinajstić information content (AvgIpc) is 2.41. The highest BCUT2D eigenvalue weighted by Gasteiger charge is 2.32. The minimum absolute atomic E-state index is 0.0456. The second-order valence-corrected chi connectivity index (χ2v) is 7.67. The molecule has 2 N–H and O–H groups in total. The van der Waals surface area contributed by atoms with Gasteiger partial charge in [-0.05, 0) is 45.5 Å². The number of benzene rings is 1. The molecule has 21 heavy (non-hydrogen) atoms. The molecule has 1 unspecified atom stereocenters. The Bertz CT molecular complexity index is 633. The highest BCUT2D eigenvalue weighted by atomic mass is 32.2. The van der Waals surface area contributed by atoms with Crippen LogP contribution in [0.15, 0.2) is 17.0 Å². The zero-order valence-corrected chi connectivity index (χ0v) is 13.5. The van der Waals surface area contributed by atoms with Crippen molar-refractivity contribution in [1.82, 2.24) is 9.21 Å². The first kappa shape index (κ1) is 16.2. The zero-order chi connectivity index (χ0) is 15.8. The molecule has 1 saturated heterocycles. The van der Waals surface area contributed by atoms with Crippen LogP contribution in [0.2, 0.25) is 0 Å². The summed E-state index contributed by atoms with van der Waals surface area (Å²) in [5, 5.41) is 0. The van der Waals surface area contributed by atoms with E-state index in [9.17, 15) is 12.8 Å². The van der Waals surface area contributed by atoms with E-state index in [0.717, 1.165) is 25.5 Å². The van der Waals surface area contributed by atoms with Gasteiger partial charge < -0.3 is 10.6 Å². The van der Waals surface area contributed by atoms with Crippen molar-refractivity contribution in [2.75, 3.05) is 32.9 Å². The largest absolute Gasteiger partial charge is 0.399 e. The van der Waals surface area contributed by atoms with Crippen LogP contribution in [0.1, 0.15) is 18.4 Å². The molecule has 5 nitrogen and oxygen atoms in total. The Morgan fingerprint density at radius 3 is 2.71 bits per heavy atom. The number of likely N-dealkylation sites (tertiary alicyclic amines) is 1. The van der Waals surface area contributed by atoms with Crippen LogP contribution in [-0.4, -0.2) is 50.8 Å². The standard InChI is InChI=1S/C14H22FN3O2S/c1-10-13(15)7-11(16)8-14(10)21(19,20)18(3)12-5-4-6-17(2)9-12/h7-8,12H,4-6,9,16H2,1-3H3. The fourth-order valence-corrected chi connectivity index (χ4v) is 4.37. The summed E-state index contributed by atoms with van der Waals surface area (Å²) in [6.45, 7) is 3.11. The lowest BCUT2D eigenvalue weighted by molar-refractivity contribution is 0.187. The van der Waals surface area contributed by atoms with Crippen molar-refractivity contribution >= 4 is 15.7 Å². The van der Waals surface area contributed by atoms with Crippen molar-refractivity contribution in [1.29, 1.82) is 0 Å². The van der Waals surface area contributed by atoms with E-state index >= 15 is 0 Å². The molecular weight excluding hydrogens is 293 g/mol. The minimum atomic E-state index is -3.75. The minimum Gasteiger partial charge on any atom is -0.399 e. The Morgan fingerprint density at radius 2 is 2.10 bits per heavy atom. The number of nitrogens with zero attached hydrogens (tertiary/aromatic N) is 2. The molecule has 0 aliphatic carbocycles. The van der Waals surface area contributed by atoms with Gasteiger partial charge in [0, 0.05) is 30.9 Å². The van der Waals surface area contributed by atoms with Gasteiger partial charge in [-0.3, -0.25) is 0 Å². The van der Waals surface area contributed by atoms with Crippen molar-refractivity contribution in [3.63, 3.8) is 0 Å². The fourth-order valence-electron chi connectivity index (χ4n) is 2.73. The van der Waals surface area contributed by atoms with Gasteiger partial charge in [0.2, 0.25) is 10.0 Å². The van der Waals surface area contributed by atoms with Gasteiger partial charge in [-0.2, -0.15) is 4.31 Å². The van der Waals surface area contributed by atoms with E-state index in [2.05, 4.69) is 4.90 Å². The Morgan fingerprint density at radius 1 is 1.43 bits per heavy atom. The molecule has 0 bridgehead atoms. The first-order chi connectivity index (χ1) is 9.73. The van der Waals surface area contributed by atoms with Crippen LogP contribution in [0.4, 0.5) is 10.1 Å². The number of piperidine rings is 1. The maximum absolute atomic E-state index is 13.8. The third-order valence-electron chi connectivity index (χ3n) is 4.09. The Hall–Kier alpha value is -1.18. The SMILES string of the molecule is Cc1c(F)cc(N)cc1S(=O)(=O)N(C)C1CCCN(C)C1. The summed E-state index contributed by atoms with van der Waals surface area (Å²) in [6.07, 6.45) is 1.76. The summed E-state index contributed by atoms with van der Waals surface area (Å²) in [7, 11) is -0.226. The molecule has 0 saturated carbocycles. The number of hydrogen-bond donors (Lipinski definition) is 1. The molecule has 1 aromatic carbocycles. The Kier molecular flexibility index (Phi) is 4.55. The molecule has 1 atom stereocenters. The van der Waals surface area contributed by atoms with Gasteiger partial charge in [0.1, 0.15) is 5.82 Å². The monoisotopic (exact) mass is 315 g/mol. The first-order valence-electron chi connectivity index (χ1n) is 6.95. The fraction of sp³-hybridized carbons (Fsp3) is 0.571. The number of nitrogens with two attached hydrogens (primary N) is 1. The molecule has 0 aromatic heterocycles. The Balaban J connectivity index is 2.37. The molecule has 2 rings (SSSR count). The first-order valence-corrected chi connectivity index (χ1v) is 8.39. The molecule has 7 heteroatoms. The third kappa shape index (κ3) is 3.20. The van der Waals surface area contributed by atoms with Crippen LogP contribution in [-0.2, 0) is 10.0 Å². The summed E-state index contributed by atoms with van der Waals surface area (Å²) < 4.78 is 40.6. The van der Waals surface area contributed by atoms with Crippen LogP contribution < -0.4 is 5.73 Å². The predicted octanol–water partition coefficient (Wildman–Crippen LogP) is 1.43. The van der Waals surface area contributed by atoms with E-state index in [1.165, 1.54) is 17.3 Å². The lowest BCUT2D eigenvalue weighted by Crippen LogP contribution is -2.47. The van der Waals surface area contributed by atoms with E-state index in [1.54, 1.807) is 7.05 Å². The van der Waals surface area contributed by atoms with Gasteiger partial charge >= 0.3 is 0 Å². The third-order valence-corrected chi connectivity index (χ3v) is 6.13. The summed E-state index contributed by atoms with van der Waals surface area (Å²) >= 11 is 0. The van der Waals surface area contributed by atoms with Crippen molar-refractivity contribution in [2.45, 2.75) is 30.7 Å². The Labute approximate surface area is 125 Å². The molecule has 1 aliphatic heterocycles. The van der Waals surface area contributed by atoms with Crippen LogP contribution in [0.5, 0.6) is 0 Å². The van der Waals surface area contributed by atoms with Gasteiger partial charge in [-0.15, -0.1) is 0 Å². The van der Waals surface area contributed by atoms with Gasteiger partial charge in [-0.1, -0.05) is 0 Å². The maximum atomic E-state index is 13.8. The van der Waals surface area contributed by atoms with Crippen LogP contribution in [0.25, 0.3) is 0 Å². The number of rotatable bonds is 3. The quantitative estimate of drug-likeness (QED) is 0.857. The summed E-state index contributed by atoms with van der Waals surface area (Å²) in [6, 6.07) is 2.37. The average molecular weight is 315 g/mol. The topological polar surface area (TPSA) is 66.6 Å². The van der Waals surface area contributed by atoms with E-state index in [4.69, 9.17) is 5.73 Å². The second-order valence-electron chi connectivity index (χ2n) is 5.71. The molecule has 1 heterocycles. The molecule has 118 valence electrons. The van der Waals surface area contributed by atoms with Crippen LogP contribution in [0, 0.1) is 12.7 Å². The maximum Gasteiger partial charge on any atom is 0.243 e. The molecule has 0 radical (unpaired) electrons. The molecule has 1 aromatic rings. The van der Waals surface area contributed by atoms with E-state index < -0.39 is 15.8 Å². The van der Waals surface area contributed by atoms with E-state index in [1.807, 2.05) is 7.05 Å². The lowest BCUT2D eigenvalue weighted by Gasteiger charge is -2.35. The molecule has 0 spiro atoms. The summed E-state index contributed by atoms with van der Waals surface area (Å²) in [4.78, 5) is 2.06. The van der Waals surface area contributed by atoms with Crippen molar-refractivity contribution < 1.29 is 12.8 Å². The molecular formula is C14H22FN3O2S. The van der Waals surface area contributed by atoms with Crippen molar-refractivity contribution in [3.05, 3.63) is 23.5 Å². The number of hydrogen-bond acceptors (Lipinski definition) is 4. The smallest absolute Gasteiger partial charge is 0.243 e. The van der Waals surface area contributed by atoms with Crippen LogP contribution in [0.3, 0.4) is 0 Å². The van der Waals surface area contributed by atoms with Gasteiger partial charge in [0.25, 0.3) is 0 Å². The normalized spacial score (nSPS) is 20.9. The summed E-state index contributed by atoms with van der Waals surface area (Å²) in [5.74, 6) is -0.595. The van der Waals surface area contributed by atoms with E-state index in [0.29, 0.717) is 6.54 Å². The molecule has 1 fully saturated rings. The zero-order valence-electron chi connectivity index (χ0n) is 12.6. The predicted molar refractivity (Wildman–Crippen MR) is 81.0 cm³/mol. The number of nitrogen functional groups attached to an aromatic ring is 1. The highest BCUT2D eigenvalue weighted by Crippen LogP contribution is 2.27. The highest BCUT2D eigenvalue weighted by molar-refractivity contribution is 7.89. The number of likely N-dealkylation sites (N-methyl/N-ethyl adjacent to an activating group) is 2. The van der Waals surface area contributed by atoms with Crippen LogP contribution >= 0.6 is 0 Å². The second kappa shape index (κ2) is 5.90. The van der Waals surface area contributed by atoms with Gasteiger partial charge in [-0.25, -0.2) is 12.8 Å². The summed E-state index contributed by atoms with van der Waals surface area (Å²) in [5.41, 5.74) is 5.82. The van der Waals surface area contributed by atoms with Crippen molar-refractivity contribution in [2.24, 2.45) is 0 Å². The molecule has 1 aliphatic rings. The number of sulfonamides is 1. The van der Waals surface area contributed by atoms with E-state index in [-0.39, 0.29) is 22.2 Å². The molecule has 0 amide bonds. The number of halogens is 1. The van der Waals surface area contributed by atoms with Gasteiger partial charge in [0.15, 0.2) is 0 Å². The van der Waals surface area contributed by atoms with Gasteiger partial charge in [0.05, 0.1) is 4.90 Å².